The highest BCUT2D eigenvalue weighted by atomic mass is 35.5. The highest BCUT2D eigenvalue weighted by Gasteiger charge is 2.16. The Morgan fingerprint density at radius 2 is 2.05 bits per heavy atom. The zero-order valence-corrected chi connectivity index (χ0v) is 13.6. The number of hydrogen-bond acceptors (Lipinski definition) is 3. The van der Waals surface area contributed by atoms with Crippen molar-refractivity contribution in [2.45, 2.75) is 38.6 Å². The molecular formula is C17H26ClNO2. The van der Waals surface area contributed by atoms with Gasteiger partial charge in [-0.05, 0) is 24.8 Å². The first kappa shape index (κ1) is 16.6. The van der Waals surface area contributed by atoms with Crippen LogP contribution >= 0.6 is 11.6 Å². The number of benzene rings is 1. The van der Waals surface area contributed by atoms with Gasteiger partial charge in [-0.25, -0.2) is 0 Å². The summed E-state index contributed by atoms with van der Waals surface area (Å²) in [6.45, 7) is 3.07. The molecule has 1 N–H and O–H groups in total. The predicted molar refractivity (Wildman–Crippen MR) is 87.1 cm³/mol. The van der Waals surface area contributed by atoms with Gasteiger partial charge in [0.1, 0.15) is 5.75 Å². The van der Waals surface area contributed by atoms with Crippen LogP contribution in [0.1, 0.15) is 37.7 Å². The summed E-state index contributed by atoms with van der Waals surface area (Å²) in [7, 11) is 1.71. The molecule has 0 aliphatic heterocycles. The molecular weight excluding hydrogens is 286 g/mol. The van der Waals surface area contributed by atoms with E-state index in [2.05, 4.69) is 11.4 Å². The Bertz CT molecular complexity index is 419. The van der Waals surface area contributed by atoms with E-state index in [-0.39, 0.29) is 0 Å². The van der Waals surface area contributed by atoms with Crippen molar-refractivity contribution in [3.05, 3.63) is 28.8 Å². The van der Waals surface area contributed by atoms with E-state index < -0.39 is 0 Å². The lowest BCUT2D eigenvalue weighted by molar-refractivity contribution is 0.197. The molecule has 0 aromatic heterocycles. The van der Waals surface area contributed by atoms with E-state index in [1.54, 1.807) is 7.11 Å². The summed E-state index contributed by atoms with van der Waals surface area (Å²) in [5.74, 6) is 1.53. The molecule has 1 aromatic carbocycles. The smallest absolute Gasteiger partial charge is 0.142 e. The highest BCUT2D eigenvalue weighted by molar-refractivity contribution is 6.32. The molecule has 1 saturated carbocycles. The monoisotopic (exact) mass is 311 g/mol. The second-order valence-electron chi connectivity index (χ2n) is 5.71. The van der Waals surface area contributed by atoms with Gasteiger partial charge in [-0.1, -0.05) is 43.0 Å². The van der Waals surface area contributed by atoms with Crippen molar-refractivity contribution in [3.8, 4) is 5.75 Å². The quantitative estimate of drug-likeness (QED) is 0.735. The number of ether oxygens (including phenoxy) is 2. The van der Waals surface area contributed by atoms with Gasteiger partial charge in [0, 0.05) is 25.8 Å². The molecule has 1 aliphatic rings. The van der Waals surface area contributed by atoms with E-state index in [9.17, 15) is 0 Å². The zero-order chi connectivity index (χ0) is 14.9. The maximum absolute atomic E-state index is 6.31. The van der Waals surface area contributed by atoms with Crippen LogP contribution in [0.2, 0.25) is 5.02 Å². The Hall–Kier alpha value is -0.770. The van der Waals surface area contributed by atoms with E-state index in [1.165, 1.54) is 32.1 Å². The molecule has 0 bridgehead atoms. The summed E-state index contributed by atoms with van der Waals surface area (Å²) < 4.78 is 11.1. The minimum Gasteiger partial charge on any atom is -0.491 e. The Labute approximate surface area is 133 Å². The SMILES string of the molecule is COCCNCc1cccc(Cl)c1OCC1CCCCC1. The number of nitrogens with one attached hydrogen (secondary N) is 1. The minimum atomic E-state index is 0.685. The Kier molecular flexibility index (Phi) is 7.34. The van der Waals surface area contributed by atoms with Crippen LogP contribution in [-0.2, 0) is 11.3 Å². The molecule has 0 spiro atoms. The second kappa shape index (κ2) is 9.29. The maximum atomic E-state index is 6.31. The largest absolute Gasteiger partial charge is 0.491 e. The average Bonchev–Trinajstić information content (AvgIpc) is 2.52. The van der Waals surface area contributed by atoms with Crippen molar-refractivity contribution < 1.29 is 9.47 Å². The Balaban J connectivity index is 1.89. The fraction of sp³-hybridized carbons (Fsp3) is 0.647. The molecule has 0 radical (unpaired) electrons. The third-order valence-corrected chi connectivity index (χ3v) is 4.33. The molecule has 0 amide bonds. The number of rotatable bonds is 8. The van der Waals surface area contributed by atoms with Gasteiger partial charge >= 0.3 is 0 Å². The van der Waals surface area contributed by atoms with Gasteiger partial charge < -0.3 is 14.8 Å². The van der Waals surface area contributed by atoms with Crippen LogP contribution in [0.25, 0.3) is 0 Å². The fourth-order valence-electron chi connectivity index (χ4n) is 2.81. The number of methoxy groups -OCH3 is 1. The van der Waals surface area contributed by atoms with Gasteiger partial charge in [0.05, 0.1) is 18.2 Å². The van der Waals surface area contributed by atoms with Crippen LogP contribution in [0.15, 0.2) is 18.2 Å². The lowest BCUT2D eigenvalue weighted by Crippen LogP contribution is -2.20. The van der Waals surface area contributed by atoms with E-state index >= 15 is 0 Å². The standard InChI is InChI=1S/C17H26ClNO2/c1-20-11-10-19-12-15-8-5-9-16(18)17(15)21-13-14-6-3-2-4-7-14/h5,8-9,14,19H,2-4,6-7,10-13H2,1H3. The summed E-state index contributed by atoms with van der Waals surface area (Å²) in [5, 5.41) is 4.05. The zero-order valence-electron chi connectivity index (χ0n) is 12.9. The van der Waals surface area contributed by atoms with Gasteiger partial charge in [0.2, 0.25) is 0 Å². The lowest BCUT2D eigenvalue weighted by Gasteiger charge is -2.23. The van der Waals surface area contributed by atoms with Crippen LogP contribution in [0, 0.1) is 5.92 Å². The summed E-state index contributed by atoms with van der Waals surface area (Å²) >= 11 is 6.31. The first-order valence-corrected chi connectivity index (χ1v) is 8.29. The minimum absolute atomic E-state index is 0.685. The van der Waals surface area contributed by atoms with E-state index in [0.717, 1.165) is 31.0 Å². The third kappa shape index (κ3) is 5.50. The summed E-state index contributed by atoms with van der Waals surface area (Å²) in [6, 6.07) is 5.95. The van der Waals surface area contributed by atoms with Crippen molar-refractivity contribution in [2.24, 2.45) is 5.92 Å². The van der Waals surface area contributed by atoms with Gasteiger partial charge in [0.25, 0.3) is 0 Å². The molecule has 0 heterocycles. The first-order valence-electron chi connectivity index (χ1n) is 7.91. The average molecular weight is 312 g/mol. The predicted octanol–water partition coefficient (Wildman–Crippen LogP) is 4.04. The molecule has 21 heavy (non-hydrogen) atoms. The van der Waals surface area contributed by atoms with Crippen molar-refractivity contribution in [1.82, 2.24) is 5.32 Å². The summed E-state index contributed by atoms with van der Waals surface area (Å²) in [6.07, 6.45) is 6.61. The van der Waals surface area contributed by atoms with E-state index in [0.29, 0.717) is 17.5 Å². The fourth-order valence-corrected chi connectivity index (χ4v) is 3.06. The molecule has 0 saturated heterocycles. The number of halogens is 1. The summed E-state index contributed by atoms with van der Waals surface area (Å²) in [5.41, 5.74) is 1.12. The van der Waals surface area contributed by atoms with Crippen molar-refractivity contribution in [3.63, 3.8) is 0 Å². The second-order valence-corrected chi connectivity index (χ2v) is 6.12. The van der Waals surface area contributed by atoms with Gasteiger partial charge in [-0.3, -0.25) is 0 Å². The van der Waals surface area contributed by atoms with Crippen LogP contribution < -0.4 is 10.1 Å². The number of hydrogen-bond donors (Lipinski definition) is 1. The molecule has 118 valence electrons. The molecule has 0 atom stereocenters. The van der Waals surface area contributed by atoms with Crippen molar-refractivity contribution in [1.29, 1.82) is 0 Å². The molecule has 3 nitrogen and oxygen atoms in total. The van der Waals surface area contributed by atoms with Gasteiger partial charge in [0.15, 0.2) is 0 Å². The normalized spacial score (nSPS) is 16.1. The molecule has 1 fully saturated rings. The molecule has 4 heteroatoms. The van der Waals surface area contributed by atoms with Crippen molar-refractivity contribution >= 4 is 11.6 Å². The third-order valence-electron chi connectivity index (χ3n) is 4.04. The van der Waals surface area contributed by atoms with E-state index in [1.807, 2.05) is 12.1 Å². The molecule has 0 unspecified atom stereocenters. The van der Waals surface area contributed by atoms with Crippen LogP contribution in [-0.4, -0.2) is 26.9 Å². The van der Waals surface area contributed by atoms with Gasteiger partial charge in [-0.2, -0.15) is 0 Å². The summed E-state index contributed by atoms with van der Waals surface area (Å²) in [4.78, 5) is 0. The number of para-hydroxylation sites is 1. The van der Waals surface area contributed by atoms with Crippen LogP contribution in [0.5, 0.6) is 5.75 Å². The van der Waals surface area contributed by atoms with Crippen LogP contribution in [0.4, 0.5) is 0 Å². The highest BCUT2D eigenvalue weighted by Crippen LogP contribution is 2.31. The van der Waals surface area contributed by atoms with Crippen molar-refractivity contribution in [2.75, 3.05) is 26.9 Å². The Morgan fingerprint density at radius 1 is 1.24 bits per heavy atom. The molecule has 1 aromatic rings. The van der Waals surface area contributed by atoms with Crippen LogP contribution in [0.3, 0.4) is 0 Å². The topological polar surface area (TPSA) is 30.5 Å². The Morgan fingerprint density at radius 3 is 2.81 bits per heavy atom. The first-order chi connectivity index (χ1) is 10.3. The maximum Gasteiger partial charge on any atom is 0.142 e. The van der Waals surface area contributed by atoms with E-state index in [4.69, 9.17) is 21.1 Å². The lowest BCUT2D eigenvalue weighted by atomic mass is 9.90. The van der Waals surface area contributed by atoms with Gasteiger partial charge in [-0.15, -0.1) is 0 Å². The molecule has 1 aliphatic carbocycles. The molecule has 2 rings (SSSR count).